The second-order valence-corrected chi connectivity index (χ2v) is 7.66. The number of carbonyl (C=O) groups excluding carboxylic acids is 3. The van der Waals surface area contributed by atoms with Gasteiger partial charge in [0.1, 0.15) is 12.3 Å². The van der Waals surface area contributed by atoms with E-state index in [0.717, 1.165) is 34.4 Å². The van der Waals surface area contributed by atoms with Crippen LogP contribution in [0.25, 0.3) is 6.08 Å². The molecule has 2 aliphatic rings. The molecule has 2 aliphatic heterocycles. The maximum atomic E-state index is 12.6. The first kappa shape index (κ1) is 20.4. The first-order chi connectivity index (χ1) is 13.5. The van der Waals surface area contributed by atoms with Crippen molar-refractivity contribution in [3.05, 3.63) is 34.7 Å². The minimum atomic E-state index is -0.434. The molecule has 150 valence electrons. The van der Waals surface area contributed by atoms with Crippen molar-refractivity contribution in [2.45, 2.75) is 26.4 Å². The maximum absolute atomic E-state index is 12.6. The lowest BCUT2D eigenvalue weighted by atomic mass is 10.2. The summed E-state index contributed by atoms with van der Waals surface area (Å²) in [5.74, 6) is 0.0886. The van der Waals surface area contributed by atoms with E-state index >= 15 is 0 Å². The Labute approximate surface area is 168 Å². The number of benzene rings is 1. The van der Waals surface area contributed by atoms with Crippen LogP contribution in [0, 0.1) is 0 Å². The second-order valence-electron chi connectivity index (χ2n) is 6.67. The molecule has 2 saturated heterocycles. The van der Waals surface area contributed by atoms with Gasteiger partial charge in [-0.2, -0.15) is 0 Å². The Balaban J connectivity index is 1.64. The zero-order chi connectivity index (χ0) is 20.1. The highest BCUT2D eigenvalue weighted by molar-refractivity contribution is 8.18. The minimum Gasteiger partial charge on any atom is -0.491 e. The molecule has 0 spiro atoms. The van der Waals surface area contributed by atoms with E-state index in [-0.39, 0.29) is 18.6 Å². The first-order valence-corrected chi connectivity index (χ1v) is 10.2. The van der Waals surface area contributed by atoms with Crippen molar-refractivity contribution in [3.8, 4) is 5.75 Å². The van der Waals surface area contributed by atoms with Crippen LogP contribution in [0.1, 0.15) is 25.8 Å². The molecule has 3 amide bonds. The lowest BCUT2D eigenvalue weighted by Gasteiger charge is -2.28. The van der Waals surface area contributed by atoms with Crippen molar-refractivity contribution >= 4 is 34.9 Å². The van der Waals surface area contributed by atoms with Crippen molar-refractivity contribution in [3.63, 3.8) is 0 Å². The average Bonchev–Trinajstić information content (AvgIpc) is 2.97. The summed E-state index contributed by atoms with van der Waals surface area (Å²) < 4.78 is 11.0. The van der Waals surface area contributed by atoms with Gasteiger partial charge in [-0.15, -0.1) is 0 Å². The van der Waals surface area contributed by atoms with Crippen LogP contribution in [0.15, 0.2) is 29.2 Å². The van der Waals surface area contributed by atoms with E-state index in [0.29, 0.717) is 31.2 Å². The van der Waals surface area contributed by atoms with Crippen molar-refractivity contribution in [2.24, 2.45) is 0 Å². The van der Waals surface area contributed by atoms with Crippen LogP contribution < -0.4 is 4.74 Å². The molecule has 2 heterocycles. The van der Waals surface area contributed by atoms with Crippen LogP contribution in [0.5, 0.6) is 5.75 Å². The van der Waals surface area contributed by atoms with Crippen LogP contribution >= 0.6 is 11.8 Å². The number of nitrogens with zero attached hydrogens (tertiary/aromatic N) is 2. The van der Waals surface area contributed by atoms with E-state index in [4.69, 9.17) is 9.47 Å². The van der Waals surface area contributed by atoms with Gasteiger partial charge in [0.05, 0.1) is 24.2 Å². The van der Waals surface area contributed by atoms with Gasteiger partial charge < -0.3 is 14.4 Å². The number of hydrogen-bond donors (Lipinski definition) is 0. The molecule has 0 saturated carbocycles. The summed E-state index contributed by atoms with van der Waals surface area (Å²) >= 11 is 0.856. The van der Waals surface area contributed by atoms with Gasteiger partial charge in [0, 0.05) is 13.1 Å². The van der Waals surface area contributed by atoms with E-state index in [1.807, 2.05) is 31.2 Å². The summed E-state index contributed by atoms with van der Waals surface area (Å²) in [5, 5.41) is -0.422. The Morgan fingerprint density at radius 3 is 2.57 bits per heavy atom. The fourth-order valence-corrected chi connectivity index (χ4v) is 3.63. The summed E-state index contributed by atoms with van der Waals surface area (Å²) in [4.78, 5) is 40.1. The molecular formula is C20H24N2O5S. The minimum absolute atomic E-state index is 0.131. The first-order valence-electron chi connectivity index (χ1n) is 9.35. The van der Waals surface area contributed by atoms with Gasteiger partial charge in [0.2, 0.25) is 5.91 Å². The molecule has 0 bridgehead atoms. The van der Waals surface area contributed by atoms with Crippen LogP contribution in [-0.2, 0) is 14.3 Å². The van der Waals surface area contributed by atoms with Gasteiger partial charge in [-0.1, -0.05) is 19.1 Å². The number of amides is 3. The van der Waals surface area contributed by atoms with E-state index in [9.17, 15) is 14.4 Å². The van der Waals surface area contributed by atoms with Gasteiger partial charge in [0.15, 0.2) is 0 Å². The smallest absolute Gasteiger partial charge is 0.294 e. The van der Waals surface area contributed by atoms with E-state index < -0.39 is 11.1 Å². The molecule has 8 heteroatoms. The molecule has 0 unspecified atom stereocenters. The lowest BCUT2D eigenvalue weighted by molar-refractivity contribution is -0.139. The van der Waals surface area contributed by atoms with Gasteiger partial charge in [0.25, 0.3) is 11.1 Å². The van der Waals surface area contributed by atoms with E-state index in [1.54, 1.807) is 11.0 Å². The molecule has 3 rings (SSSR count). The Hall–Kier alpha value is -2.32. The van der Waals surface area contributed by atoms with Crippen LogP contribution in [-0.4, -0.2) is 65.8 Å². The molecule has 1 atom stereocenters. The molecule has 28 heavy (non-hydrogen) atoms. The maximum Gasteiger partial charge on any atom is 0.294 e. The topological polar surface area (TPSA) is 76.2 Å². The molecule has 7 nitrogen and oxygen atoms in total. The highest BCUT2D eigenvalue weighted by Gasteiger charge is 2.37. The Morgan fingerprint density at radius 1 is 1.25 bits per heavy atom. The number of morpholine rings is 1. The number of hydrogen-bond acceptors (Lipinski definition) is 6. The van der Waals surface area contributed by atoms with Crippen molar-refractivity contribution in [2.75, 3.05) is 32.8 Å². The summed E-state index contributed by atoms with van der Waals surface area (Å²) in [6, 6.07) is 7.35. The molecule has 0 N–H and O–H groups in total. The third kappa shape index (κ3) is 4.94. The Kier molecular flexibility index (Phi) is 6.74. The molecule has 0 aliphatic carbocycles. The summed E-state index contributed by atoms with van der Waals surface area (Å²) in [6.07, 6.45) is 2.71. The van der Waals surface area contributed by atoms with Crippen molar-refractivity contribution < 1.29 is 23.9 Å². The summed E-state index contributed by atoms with van der Waals surface area (Å²) in [6.45, 7) is 5.74. The fourth-order valence-electron chi connectivity index (χ4n) is 2.79. The summed E-state index contributed by atoms with van der Waals surface area (Å²) in [7, 11) is 0. The Bertz CT molecular complexity index is 771. The second kappa shape index (κ2) is 9.25. The van der Waals surface area contributed by atoms with Gasteiger partial charge in [-0.05, 0) is 48.9 Å². The molecule has 1 aromatic rings. The molecule has 0 radical (unpaired) electrons. The third-order valence-electron chi connectivity index (χ3n) is 4.62. The number of thioether (sulfide) groups is 1. The molecule has 1 aromatic carbocycles. The zero-order valence-electron chi connectivity index (χ0n) is 16.1. The van der Waals surface area contributed by atoms with Crippen LogP contribution in [0.2, 0.25) is 0 Å². The average molecular weight is 404 g/mol. The number of imide groups is 1. The highest BCUT2D eigenvalue weighted by Crippen LogP contribution is 2.32. The van der Waals surface area contributed by atoms with Gasteiger partial charge >= 0.3 is 0 Å². The molecule has 0 aromatic heterocycles. The predicted molar refractivity (Wildman–Crippen MR) is 107 cm³/mol. The van der Waals surface area contributed by atoms with Crippen molar-refractivity contribution in [1.82, 2.24) is 9.80 Å². The monoisotopic (exact) mass is 404 g/mol. The van der Waals surface area contributed by atoms with E-state index in [2.05, 4.69) is 6.92 Å². The molecule has 2 fully saturated rings. The molecular weight excluding hydrogens is 380 g/mol. The Morgan fingerprint density at radius 2 is 1.93 bits per heavy atom. The van der Waals surface area contributed by atoms with Gasteiger partial charge in [-0.25, -0.2) is 0 Å². The van der Waals surface area contributed by atoms with Crippen LogP contribution in [0.4, 0.5) is 4.79 Å². The van der Waals surface area contributed by atoms with Crippen LogP contribution in [0.3, 0.4) is 0 Å². The zero-order valence-corrected chi connectivity index (χ0v) is 16.9. The normalized spacial score (nSPS) is 20.0. The SMILES string of the molecule is CC[C@H](C)Oc1ccc(/C=C2\SC(=O)N(CC(=O)N3CCOCC3)C2=O)cc1. The largest absolute Gasteiger partial charge is 0.491 e. The number of ether oxygens (including phenoxy) is 2. The third-order valence-corrected chi connectivity index (χ3v) is 5.53. The number of carbonyl (C=O) groups is 3. The van der Waals surface area contributed by atoms with E-state index in [1.165, 1.54) is 0 Å². The van der Waals surface area contributed by atoms with Gasteiger partial charge in [-0.3, -0.25) is 19.3 Å². The number of rotatable bonds is 6. The predicted octanol–water partition coefficient (Wildman–Crippen LogP) is 2.76. The lowest BCUT2D eigenvalue weighted by Crippen LogP contribution is -2.46. The standard InChI is InChI=1S/C20H24N2O5S/c1-3-14(2)27-16-6-4-15(5-7-16)12-17-19(24)22(20(25)28-17)13-18(23)21-8-10-26-11-9-21/h4-7,12,14H,3,8-11,13H2,1-2H3/b17-12-/t14-/m0/s1. The quantitative estimate of drug-likeness (QED) is 0.679. The summed E-state index contributed by atoms with van der Waals surface area (Å²) in [5.41, 5.74) is 0.793. The fraction of sp³-hybridized carbons (Fsp3) is 0.450. The highest BCUT2D eigenvalue weighted by atomic mass is 32.2. The van der Waals surface area contributed by atoms with Crippen molar-refractivity contribution in [1.29, 1.82) is 0 Å².